The minimum Gasteiger partial charge on any atom is -0.293 e. The quantitative estimate of drug-likeness (QED) is 0.427. The van der Waals surface area contributed by atoms with Crippen molar-refractivity contribution in [3.63, 3.8) is 0 Å². The molecule has 0 bridgehead atoms. The number of nitrogens with one attached hydrogen (secondary N) is 1. The van der Waals surface area contributed by atoms with E-state index in [0.717, 1.165) is 0 Å². The summed E-state index contributed by atoms with van der Waals surface area (Å²) in [4.78, 5) is 11.2. The summed E-state index contributed by atoms with van der Waals surface area (Å²) >= 11 is 0. The number of sulfone groups is 1. The lowest BCUT2D eigenvalue weighted by atomic mass is 10.4. The molecule has 1 amide bonds. The van der Waals surface area contributed by atoms with Crippen LogP contribution in [0.2, 0.25) is 0 Å². The second-order valence-corrected chi connectivity index (χ2v) is 5.28. The summed E-state index contributed by atoms with van der Waals surface area (Å²) in [6.45, 7) is 1.30. The molecule has 0 spiro atoms. The third-order valence-electron chi connectivity index (χ3n) is 2.05. The van der Waals surface area contributed by atoms with Crippen molar-refractivity contribution in [2.24, 2.45) is 5.84 Å². The summed E-state index contributed by atoms with van der Waals surface area (Å²) < 4.78 is 23.6. The molecule has 1 rings (SSSR count). The fourth-order valence-corrected chi connectivity index (χ4v) is 2.37. The highest BCUT2D eigenvalue weighted by molar-refractivity contribution is 7.92. The van der Waals surface area contributed by atoms with Gasteiger partial charge in [0.15, 0.2) is 9.84 Å². The molecular formula is C9H12N2O3S. The molecule has 1 aromatic carbocycles. The van der Waals surface area contributed by atoms with Crippen LogP contribution < -0.4 is 11.3 Å². The van der Waals surface area contributed by atoms with E-state index >= 15 is 0 Å². The monoisotopic (exact) mass is 228 g/mol. The van der Waals surface area contributed by atoms with Gasteiger partial charge >= 0.3 is 0 Å². The standard InChI is InChI=1S/C9H12N2O3S/c1-7(9(12)11-10)15(13,14)8-5-3-2-4-6-8/h2-7H,10H2,1H3,(H,11,12). The van der Waals surface area contributed by atoms with E-state index in [4.69, 9.17) is 5.84 Å². The first-order valence-electron chi connectivity index (χ1n) is 4.29. The van der Waals surface area contributed by atoms with Gasteiger partial charge in [0.25, 0.3) is 5.91 Å². The van der Waals surface area contributed by atoms with E-state index in [2.05, 4.69) is 0 Å². The molecule has 82 valence electrons. The van der Waals surface area contributed by atoms with Crippen LogP contribution in [0.1, 0.15) is 6.92 Å². The van der Waals surface area contributed by atoms with Crippen molar-refractivity contribution in [1.29, 1.82) is 0 Å². The van der Waals surface area contributed by atoms with Gasteiger partial charge < -0.3 is 0 Å². The van der Waals surface area contributed by atoms with Crippen molar-refractivity contribution in [2.45, 2.75) is 17.1 Å². The van der Waals surface area contributed by atoms with Gasteiger partial charge in [0.05, 0.1) is 4.90 Å². The molecule has 0 saturated carbocycles. The Morgan fingerprint density at radius 1 is 1.33 bits per heavy atom. The zero-order valence-electron chi connectivity index (χ0n) is 8.17. The summed E-state index contributed by atoms with van der Waals surface area (Å²) in [7, 11) is -3.64. The van der Waals surface area contributed by atoms with Gasteiger partial charge in [-0.05, 0) is 19.1 Å². The Hall–Kier alpha value is -1.40. The minimum atomic E-state index is -3.64. The summed E-state index contributed by atoms with van der Waals surface area (Å²) in [5.74, 6) is 4.16. The molecule has 1 unspecified atom stereocenters. The topological polar surface area (TPSA) is 89.3 Å². The van der Waals surface area contributed by atoms with Gasteiger partial charge in [0, 0.05) is 0 Å². The molecule has 0 fully saturated rings. The van der Waals surface area contributed by atoms with Crippen LogP contribution in [0.5, 0.6) is 0 Å². The molecule has 1 atom stereocenters. The lowest BCUT2D eigenvalue weighted by Crippen LogP contribution is -2.41. The van der Waals surface area contributed by atoms with Crippen LogP contribution in [-0.4, -0.2) is 19.6 Å². The van der Waals surface area contributed by atoms with Crippen molar-refractivity contribution in [1.82, 2.24) is 5.43 Å². The van der Waals surface area contributed by atoms with Gasteiger partial charge in [-0.15, -0.1) is 0 Å². The van der Waals surface area contributed by atoms with Gasteiger partial charge in [-0.3, -0.25) is 10.2 Å². The smallest absolute Gasteiger partial charge is 0.252 e. The molecule has 0 radical (unpaired) electrons. The summed E-state index contributed by atoms with van der Waals surface area (Å²) in [6.07, 6.45) is 0. The first-order chi connectivity index (χ1) is 7.00. The Labute approximate surface area is 88.2 Å². The summed E-state index contributed by atoms with van der Waals surface area (Å²) in [5, 5.41) is -1.19. The molecule has 0 saturated heterocycles. The molecule has 0 aliphatic rings. The molecule has 15 heavy (non-hydrogen) atoms. The van der Waals surface area contributed by atoms with Crippen LogP contribution in [0.3, 0.4) is 0 Å². The SMILES string of the molecule is CC(C(=O)NN)S(=O)(=O)c1ccccc1. The average molecular weight is 228 g/mol. The van der Waals surface area contributed by atoms with Gasteiger partial charge in [-0.25, -0.2) is 14.3 Å². The predicted molar refractivity (Wildman–Crippen MR) is 55.4 cm³/mol. The first-order valence-corrected chi connectivity index (χ1v) is 5.84. The van der Waals surface area contributed by atoms with Crippen molar-refractivity contribution < 1.29 is 13.2 Å². The molecule has 0 aliphatic carbocycles. The number of benzene rings is 1. The maximum atomic E-state index is 11.8. The van der Waals surface area contributed by atoms with Crippen molar-refractivity contribution in [3.05, 3.63) is 30.3 Å². The van der Waals surface area contributed by atoms with Crippen LogP contribution in [-0.2, 0) is 14.6 Å². The highest BCUT2D eigenvalue weighted by Crippen LogP contribution is 2.15. The van der Waals surface area contributed by atoms with E-state index in [9.17, 15) is 13.2 Å². The van der Waals surface area contributed by atoms with Gasteiger partial charge in [0.1, 0.15) is 5.25 Å². The molecule has 0 heterocycles. The van der Waals surface area contributed by atoms with Crippen molar-refractivity contribution in [2.75, 3.05) is 0 Å². The molecule has 3 N–H and O–H groups in total. The zero-order chi connectivity index (χ0) is 11.5. The Bertz CT molecular complexity index is 442. The Morgan fingerprint density at radius 3 is 2.33 bits per heavy atom. The van der Waals surface area contributed by atoms with Gasteiger partial charge in [-0.2, -0.15) is 0 Å². The number of rotatable bonds is 3. The lowest BCUT2D eigenvalue weighted by Gasteiger charge is -2.10. The second-order valence-electron chi connectivity index (χ2n) is 3.01. The Kier molecular flexibility index (Phi) is 3.43. The highest BCUT2D eigenvalue weighted by atomic mass is 32.2. The zero-order valence-corrected chi connectivity index (χ0v) is 8.99. The molecule has 1 aromatic rings. The van der Waals surface area contributed by atoms with Crippen LogP contribution in [0, 0.1) is 0 Å². The van der Waals surface area contributed by atoms with E-state index in [1.807, 2.05) is 5.43 Å². The van der Waals surface area contributed by atoms with E-state index < -0.39 is 21.0 Å². The normalized spacial score (nSPS) is 13.2. The summed E-state index contributed by atoms with van der Waals surface area (Å²) in [6, 6.07) is 7.78. The van der Waals surface area contributed by atoms with Crippen LogP contribution in [0.4, 0.5) is 0 Å². The van der Waals surface area contributed by atoms with E-state index in [1.165, 1.54) is 19.1 Å². The first kappa shape index (κ1) is 11.7. The van der Waals surface area contributed by atoms with Crippen LogP contribution in [0.25, 0.3) is 0 Å². The number of amides is 1. The third kappa shape index (κ3) is 2.34. The fourth-order valence-electron chi connectivity index (χ4n) is 1.07. The van der Waals surface area contributed by atoms with E-state index in [0.29, 0.717) is 0 Å². The van der Waals surface area contributed by atoms with Gasteiger partial charge in [-0.1, -0.05) is 18.2 Å². The molecule has 0 aliphatic heterocycles. The maximum absolute atomic E-state index is 11.8. The van der Waals surface area contributed by atoms with Crippen LogP contribution >= 0.6 is 0 Å². The number of hydrogen-bond acceptors (Lipinski definition) is 4. The number of nitrogens with two attached hydrogens (primary N) is 1. The number of carbonyl (C=O) groups excluding carboxylic acids is 1. The molecule has 6 heteroatoms. The fraction of sp³-hybridized carbons (Fsp3) is 0.222. The van der Waals surface area contributed by atoms with Crippen LogP contribution in [0.15, 0.2) is 35.2 Å². The Balaban J connectivity index is 3.09. The summed E-state index contributed by atoms with van der Waals surface area (Å²) in [5.41, 5.74) is 1.82. The Morgan fingerprint density at radius 2 is 1.87 bits per heavy atom. The molecule has 5 nitrogen and oxygen atoms in total. The van der Waals surface area contributed by atoms with E-state index in [1.54, 1.807) is 18.2 Å². The van der Waals surface area contributed by atoms with Gasteiger partial charge in [0.2, 0.25) is 0 Å². The average Bonchev–Trinajstić information content (AvgIpc) is 2.28. The van der Waals surface area contributed by atoms with Crippen molar-refractivity contribution in [3.8, 4) is 0 Å². The van der Waals surface area contributed by atoms with Crippen molar-refractivity contribution >= 4 is 15.7 Å². The largest absolute Gasteiger partial charge is 0.293 e. The number of carbonyl (C=O) groups is 1. The number of hydrogen-bond donors (Lipinski definition) is 2. The minimum absolute atomic E-state index is 0.112. The maximum Gasteiger partial charge on any atom is 0.252 e. The lowest BCUT2D eigenvalue weighted by molar-refractivity contribution is -0.120. The third-order valence-corrected chi connectivity index (χ3v) is 4.12. The second kappa shape index (κ2) is 4.41. The van der Waals surface area contributed by atoms with E-state index in [-0.39, 0.29) is 4.90 Å². The molecule has 0 aromatic heterocycles. The highest BCUT2D eigenvalue weighted by Gasteiger charge is 2.28. The molecular weight excluding hydrogens is 216 g/mol. The number of hydrazine groups is 1. The predicted octanol–water partition coefficient (Wildman–Crippen LogP) is -0.161.